The summed E-state index contributed by atoms with van der Waals surface area (Å²) >= 11 is 1.35. The summed E-state index contributed by atoms with van der Waals surface area (Å²) in [4.78, 5) is 33.7. The number of amides is 2. The molecule has 0 aliphatic carbocycles. The maximum Gasteiger partial charge on any atom is 0.270 e. The number of halogens is 1. The number of thioether (sulfide) groups is 1. The quantitative estimate of drug-likeness (QED) is 0.354. The lowest BCUT2D eigenvalue weighted by atomic mass is 9.92. The smallest absolute Gasteiger partial charge is 0.270 e. The Hall–Kier alpha value is -3.32. The highest BCUT2D eigenvalue weighted by molar-refractivity contribution is 8.00. The number of hydrogen-bond donors (Lipinski definition) is 4. The number of fused-ring (bicyclic) bond motifs is 2. The highest BCUT2D eigenvalue weighted by atomic mass is 32.2. The number of aliphatic hydroxyl groups excluding tert-OH is 2. The zero-order valence-electron chi connectivity index (χ0n) is 20.5. The normalized spacial score (nSPS) is 21.9. The summed E-state index contributed by atoms with van der Waals surface area (Å²) in [5.41, 5.74) is 0.768. The van der Waals surface area contributed by atoms with E-state index < -0.39 is 36.1 Å². The molecule has 4 heterocycles. The number of carbonyl (C=O) groups is 2. The topological polar surface area (TPSA) is 143 Å². The van der Waals surface area contributed by atoms with Crippen molar-refractivity contribution < 1.29 is 33.7 Å². The van der Waals surface area contributed by atoms with E-state index in [1.54, 1.807) is 30.3 Å². The average Bonchev–Trinajstić information content (AvgIpc) is 2.92. The Morgan fingerprint density at radius 1 is 1.34 bits per heavy atom. The molecule has 5 rings (SSSR count). The second kappa shape index (κ2) is 11.2. The van der Waals surface area contributed by atoms with Crippen molar-refractivity contribution in [3.05, 3.63) is 53.6 Å². The zero-order chi connectivity index (χ0) is 26.8. The lowest BCUT2D eigenvalue weighted by Crippen LogP contribution is -2.51. The minimum atomic E-state index is -1.18. The van der Waals surface area contributed by atoms with Gasteiger partial charge in [0.15, 0.2) is 0 Å². The molecule has 2 aliphatic heterocycles. The summed E-state index contributed by atoms with van der Waals surface area (Å²) in [6.45, 7) is -0.356. The monoisotopic (exact) mass is 542 g/mol. The van der Waals surface area contributed by atoms with Crippen LogP contribution < -0.4 is 15.4 Å². The van der Waals surface area contributed by atoms with E-state index in [0.717, 1.165) is 11.1 Å². The van der Waals surface area contributed by atoms with Crippen LogP contribution in [-0.2, 0) is 9.53 Å². The molecule has 1 fully saturated rings. The number of nitrogens with zero attached hydrogens (tertiary/aromatic N) is 2. The van der Waals surface area contributed by atoms with Crippen LogP contribution in [0.15, 0.2) is 41.4 Å². The number of hydrogen-bond acceptors (Lipinski definition) is 9. The molecule has 38 heavy (non-hydrogen) atoms. The number of methoxy groups -OCH3 is 1. The number of nitrogens with one attached hydrogen (secondary N) is 2. The first-order chi connectivity index (χ1) is 18.4. The lowest BCUT2D eigenvalue weighted by molar-refractivity contribution is -0.113. The lowest BCUT2D eigenvalue weighted by Gasteiger charge is -2.37. The van der Waals surface area contributed by atoms with Crippen molar-refractivity contribution in [2.75, 3.05) is 24.8 Å². The molecule has 2 aromatic heterocycles. The molecule has 12 heteroatoms. The highest BCUT2D eigenvalue weighted by Crippen LogP contribution is 2.34. The van der Waals surface area contributed by atoms with E-state index in [1.807, 2.05) is 0 Å². The van der Waals surface area contributed by atoms with Gasteiger partial charge in [-0.2, -0.15) is 0 Å². The van der Waals surface area contributed by atoms with E-state index in [-0.39, 0.29) is 30.2 Å². The minimum absolute atomic E-state index is 0.0914. The van der Waals surface area contributed by atoms with Crippen molar-refractivity contribution in [3.8, 4) is 5.75 Å². The molecule has 2 aliphatic rings. The first-order valence-corrected chi connectivity index (χ1v) is 13.2. The average molecular weight is 543 g/mol. The Balaban J connectivity index is 1.25. The van der Waals surface area contributed by atoms with Crippen molar-refractivity contribution in [2.24, 2.45) is 0 Å². The van der Waals surface area contributed by atoms with Gasteiger partial charge in [-0.1, -0.05) is 0 Å². The van der Waals surface area contributed by atoms with E-state index in [9.17, 15) is 24.2 Å². The fourth-order valence-corrected chi connectivity index (χ4v) is 5.56. The van der Waals surface area contributed by atoms with E-state index in [2.05, 4.69) is 20.6 Å². The van der Waals surface area contributed by atoms with Gasteiger partial charge in [0.1, 0.15) is 29.2 Å². The largest absolute Gasteiger partial charge is 0.497 e. The summed E-state index contributed by atoms with van der Waals surface area (Å²) in [7, 11) is 1.50. The van der Waals surface area contributed by atoms with E-state index in [1.165, 1.54) is 18.9 Å². The summed E-state index contributed by atoms with van der Waals surface area (Å²) < 4.78 is 26.0. The molecule has 4 atom stereocenters. The predicted molar refractivity (Wildman–Crippen MR) is 138 cm³/mol. The van der Waals surface area contributed by atoms with Crippen LogP contribution in [0.1, 0.15) is 41.4 Å². The van der Waals surface area contributed by atoms with Crippen LogP contribution in [0.3, 0.4) is 0 Å². The van der Waals surface area contributed by atoms with Crippen LogP contribution in [-0.4, -0.2) is 69.7 Å². The Kier molecular flexibility index (Phi) is 7.75. The molecule has 4 N–H and O–H groups in total. The number of benzene rings is 1. The maximum atomic E-state index is 14.8. The van der Waals surface area contributed by atoms with Crippen LogP contribution in [0.5, 0.6) is 5.75 Å². The van der Waals surface area contributed by atoms with Gasteiger partial charge in [0.05, 0.1) is 54.3 Å². The molecule has 1 saturated heterocycles. The summed E-state index contributed by atoms with van der Waals surface area (Å²) in [6, 6.07) is 7.86. The molecule has 0 unspecified atom stereocenters. The number of rotatable bonds is 7. The van der Waals surface area contributed by atoms with Crippen molar-refractivity contribution in [2.45, 2.75) is 48.5 Å². The summed E-state index contributed by atoms with van der Waals surface area (Å²) in [5, 5.41) is 26.9. The molecule has 0 radical (unpaired) electrons. The minimum Gasteiger partial charge on any atom is -0.497 e. The molecular weight excluding hydrogens is 515 g/mol. The number of ether oxygens (including phenoxy) is 2. The molecule has 0 saturated carbocycles. The number of anilines is 1. The first kappa shape index (κ1) is 26.3. The van der Waals surface area contributed by atoms with Crippen LogP contribution in [0, 0.1) is 5.82 Å². The van der Waals surface area contributed by atoms with Gasteiger partial charge in [-0.3, -0.25) is 14.6 Å². The van der Waals surface area contributed by atoms with Crippen LogP contribution in [0.25, 0.3) is 10.9 Å². The van der Waals surface area contributed by atoms with Gasteiger partial charge in [0.2, 0.25) is 5.91 Å². The van der Waals surface area contributed by atoms with Gasteiger partial charge in [-0.05, 0) is 43.2 Å². The number of pyridine rings is 2. The van der Waals surface area contributed by atoms with E-state index in [4.69, 9.17) is 9.47 Å². The van der Waals surface area contributed by atoms with Crippen molar-refractivity contribution >= 4 is 40.3 Å². The molecule has 2 amide bonds. The van der Waals surface area contributed by atoms with Crippen LogP contribution in [0.2, 0.25) is 0 Å². The SMILES string of the molecule is COc1ccc2ncc(F)c([C@@H](O)C[C@@H]3CC[C@@H](NC(=O)c4ccc5c(n4)NC(=O)CS5)[C@@H](CO)O3)c2c1. The van der Waals surface area contributed by atoms with Crippen LogP contribution >= 0.6 is 11.8 Å². The predicted octanol–water partition coefficient (Wildman–Crippen LogP) is 2.58. The molecule has 200 valence electrons. The fourth-order valence-electron chi connectivity index (χ4n) is 4.80. The third-order valence-corrected chi connectivity index (χ3v) is 7.75. The third-order valence-electron chi connectivity index (χ3n) is 6.71. The molecule has 3 aromatic rings. The standard InChI is InChI=1S/C26H27FN4O6S/c1-36-13-2-4-17-15(8-13)24(16(27)10-28-17)20(33)9-14-3-5-18(21(11-32)37-14)30-26(35)19-6-7-22-25(29-19)31-23(34)12-38-22/h2,4,6-8,10,14,18,20-21,32-33H,3,5,9,11-12H2,1H3,(H,30,35)(H,29,31,34)/t14-,18+,20-,21+/m0/s1. The Morgan fingerprint density at radius 3 is 2.97 bits per heavy atom. The third kappa shape index (κ3) is 5.44. The Bertz CT molecular complexity index is 1380. The number of aromatic nitrogens is 2. The van der Waals surface area contributed by atoms with Crippen molar-refractivity contribution in [3.63, 3.8) is 0 Å². The zero-order valence-corrected chi connectivity index (χ0v) is 21.3. The van der Waals surface area contributed by atoms with Gasteiger partial charge in [-0.15, -0.1) is 11.8 Å². The van der Waals surface area contributed by atoms with Crippen molar-refractivity contribution in [1.82, 2.24) is 15.3 Å². The van der Waals surface area contributed by atoms with E-state index >= 15 is 0 Å². The second-order valence-electron chi connectivity index (χ2n) is 9.17. The first-order valence-electron chi connectivity index (χ1n) is 12.2. The molecular formula is C26H27FN4O6S. The molecule has 0 bridgehead atoms. The van der Waals surface area contributed by atoms with Crippen molar-refractivity contribution in [1.29, 1.82) is 0 Å². The van der Waals surface area contributed by atoms with E-state index in [0.29, 0.717) is 41.1 Å². The number of aliphatic hydroxyl groups is 2. The molecule has 1 aromatic carbocycles. The number of carbonyl (C=O) groups excluding carboxylic acids is 2. The van der Waals surface area contributed by atoms with Gasteiger partial charge >= 0.3 is 0 Å². The van der Waals surface area contributed by atoms with Gasteiger partial charge in [-0.25, -0.2) is 9.37 Å². The molecule has 0 spiro atoms. The Labute approximate surface area is 222 Å². The fraction of sp³-hybridized carbons (Fsp3) is 0.385. The summed E-state index contributed by atoms with van der Waals surface area (Å²) in [6.07, 6.45) is -0.273. The van der Waals surface area contributed by atoms with Gasteiger partial charge < -0.3 is 30.3 Å². The Morgan fingerprint density at radius 2 is 2.18 bits per heavy atom. The van der Waals surface area contributed by atoms with Gasteiger partial charge in [0.25, 0.3) is 5.91 Å². The summed E-state index contributed by atoms with van der Waals surface area (Å²) in [5.74, 6) is -0.111. The van der Waals surface area contributed by atoms with Gasteiger partial charge in [0, 0.05) is 17.4 Å². The maximum absolute atomic E-state index is 14.8. The highest BCUT2D eigenvalue weighted by Gasteiger charge is 2.34. The molecule has 10 nitrogen and oxygen atoms in total. The second-order valence-corrected chi connectivity index (χ2v) is 10.2. The van der Waals surface area contributed by atoms with Crippen LogP contribution in [0.4, 0.5) is 10.2 Å².